The number of rotatable bonds is 3. The summed E-state index contributed by atoms with van der Waals surface area (Å²) in [6, 6.07) is 9.42. The Morgan fingerprint density at radius 2 is 2.25 bits per heavy atom. The number of hydrogen-bond acceptors (Lipinski definition) is 5. The van der Waals surface area contributed by atoms with Crippen LogP contribution in [0.3, 0.4) is 0 Å². The van der Waals surface area contributed by atoms with Crippen molar-refractivity contribution >= 4 is 17.5 Å². The van der Waals surface area contributed by atoms with Gasteiger partial charge < -0.3 is 9.47 Å². The van der Waals surface area contributed by atoms with Gasteiger partial charge in [-0.1, -0.05) is 12.1 Å². The highest BCUT2D eigenvalue weighted by atomic mass is 32.2. The number of fused-ring (bicyclic) bond motifs is 1. The molecule has 3 rings (SSSR count). The fraction of sp³-hybridized carbons (Fsp3) is 0.200. The number of pyridine rings is 1. The van der Waals surface area contributed by atoms with Crippen LogP contribution < -0.4 is 9.47 Å². The SMILES string of the molecule is COc1cncc(C(=O)C2CSc3ccccc3O2)c1. The van der Waals surface area contributed by atoms with Crippen LogP contribution in [0.4, 0.5) is 0 Å². The van der Waals surface area contributed by atoms with Gasteiger partial charge in [0.2, 0.25) is 5.78 Å². The van der Waals surface area contributed by atoms with Gasteiger partial charge in [-0.2, -0.15) is 0 Å². The van der Waals surface area contributed by atoms with Crippen molar-refractivity contribution in [1.82, 2.24) is 4.98 Å². The summed E-state index contributed by atoms with van der Waals surface area (Å²) < 4.78 is 10.9. The smallest absolute Gasteiger partial charge is 0.205 e. The zero-order valence-corrected chi connectivity index (χ0v) is 11.7. The summed E-state index contributed by atoms with van der Waals surface area (Å²) in [4.78, 5) is 17.5. The van der Waals surface area contributed by atoms with E-state index < -0.39 is 6.10 Å². The quantitative estimate of drug-likeness (QED) is 0.812. The van der Waals surface area contributed by atoms with Gasteiger partial charge >= 0.3 is 0 Å². The summed E-state index contributed by atoms with van der Waals surface area (Å²) in [5, 5.41) is 0. The van der Waals surface area contributed by atoms with Crippen molar-refractivity contribution in [3.05, 3.63) is 48.3 Å². The Kier molecular flexibility index (Phi) is 3.60. The molecule has 0 bridgehead atoms. The van der Waals surface area contributed by atoms with Crippen molar-refractivity contribution in [2.45, 2.75) is 11.0 Å². The average molecular weight is 287 g/mol. The molecule has 1 aliphatic rings. The normalized spacial score (nSPS) is 16.9. The second kappa shape index (κ2) is 5.54. The zero-order valence-electron chi connectivity index (χ0n) is 10.9. The van der Waals surface area contributed by atoms with Crippen LogP contribution in [0.5, 0.6) is 11.5 Å². The van der Waals surface area contributed by atoms with Crippen LogP contribution in [0.1, 0.15) is 10.4 Å². The van der Waals surface area contributed by atoms with Crippen molar-refractivity contribution in [3.8, 4) is 11.5 Å². The van der Waals surface area contributed by atoms with Crippen molar-refractivity contribution in [1.29, 1.82) is 0 Å². The third-order valence-electron chi connectivity index (χ3n) is 3.03. The molecule has 0 saturated heterocycles. The van der Waals surface area contributed by atoms with Gasteiger partial charge in [0.15, 0.2) is 6.10 Å². The number of thioether (sulfide) groups is 1. The molecule has 102 valence electrons. The third kappa shape index (κ3) is 2.49. The molecule has 0 spiro atoms. The molecule has 0 amide bonds. The highest BCUT2D eigenvalue weighted by molar-refractivity contribution is 7.99. The van der Waals surface area contributed by atoms with Crippen LogP contribution in [0.15, 0.2) is 47.6 Å². The molecular weight excluding hydrogens is 274 g/mol. The lowest BCUT2D eigenvalue weighted by atomic mass is 10.1. The van der Waals surface area contributed by atoms with Gasteiger partial charge in [-0.3, -0.25) is 9.78 Å². The Hall–Kier alpha value is -2.01. The fourth-order valence-corrected chi connectivity index (χ4v) is 2.98. The van der Waals surface area contributed by atoms with Crippen LogP contribution in [0.25, 0.3) is 0 Å². The Bertz CT molecular complexity index is 645. The molecule has 2 aromatic rings. The molecule has 1 aliphatic heterocycles. The van der Waals surface area contributed by atoms with Crippen LogP contribution >= 0.6 is 11.8 Å². The minimum Gasteiger partial charge on any atom is -0.495 e. The number of ether oxygens (including phenoxy) is 2. The average Bonchev–Trinajstić information content (AvgIpc) is 2.53. The summed E-state index contributed by atoms with van der Waals surface area (Å²) in [5.41, 5.74) is 0.509. The highest BCUT2D eigenvalue weighted by Crippen LogP contribution is 2.35. The molecule has 1 aromatic heterocycles. The number of benzene rings is 1. The van der Waals surface area contributed by atoms with Gasteiger partial charge in [0.25, 0.3) is 0 Å². The molecule has 0 saturated carbocycles. The molecule has 0 N–H and O–H groups in total. The molecule has 1 unspecified atom stereocenters. The first-order chi connectivity index (χ1) is 9.78. The Balaban J connectivity index is 1.82. The van der Waals surface area contributed by atoms with Crippen molar-refractivity contribution in [2.75, 3.05) is 12.9 Å². The lowest BCUT2D eigenvalue weighted by molar-refractivity contribution is 0.0814. The molecule has 0 aliphatic carbocycles. The Morgan fingerprint density at radius 1 is 1.40 bits per heavy atom. The van der Waals surface area contributed by atoms with Gasteiger partial charge in [-0.05, 0) is 18.2 Å². The van der Waals surface area contributed by atoms with Gasteiger partial charge in [-0.15, -0.1) is 11.8 Å². The lowest BCUT2D eigenvalue weighted by Crippen LogP contribution is -2.32. The van der Waals surface area contributed by atoms with Crippen LogP contribution in [0.2, 0.25) is 0 Å². The number of ketones is 1. The van der Waals surface area contributed by atoms with E-state index in [1.165, 1.54) is 0 Å². The van der Waals surface area contributed by atoms with Gasteiger partial charge in [-0.25, -0.2) is 0 Å². The van der Waals surface area contributed by atoms with E-state index in [-0.39, 0.29) is 5.78 Å². The molecular formula is C15H13NO3S. The van der Waals surface area contributed by atoms with Crippen LogP contribution in [0, 0.1) is 0 Å². The number of para-hydroxylation sites is 1. The molecule has 0 fully saturated rings. The van der Waals surface area contributed by atoms with E-state index in [1.807, 2.05) is 24.3 Å². The predicted octanol–water partition coefficient (Wildman–Crippen LogP) is 2.83. The fourth-order valence-electron chi connectivity index (χ4n) is 2.00. The number of aromatic nitrogens is 1. The summed E-state index contributed by atoms with van der Waals surface area (Å²) in [7, 11) is 1.55. The largest absolute Gasteiger partial charge is 0.495 e. The maximum atomic E-state index is 12.4. The van der Waals surface area contributed by atoms with E-state index in [9.17, 15) is 4.79 Å². The molecule has 2 heterocycles. The summed E-state index contributed by atoms with van der Waals surface area (Å²) in [5.74, 6) is 1.86. The van der Waals surface area contributed by atoms with Gasteiger partial charge in [0.1, 0.15) is 11.5 Å². The summed E-state index contributed by atoms with van der Waals surface area (Å²) >= 11 is 1.63. The number of carbonyl (C=O) groups excluding carboxylic acids is 1. The number of Topliss-reactive ketones (excluding diaryl/α,β-unsaturated/α-hetero) is 1. The van der Waals surface area contributed by atoms with E-state index >= 15 is 0 Å². The maximum Gasteiger partial charge on any atom is 0.205 e. The third-order valence-corrected chi connectivity index (χ3v) is 4.15. The molecule has 1 aromatic carbocycles. The first-order valence-electron chi connectivity index (χ1n) is 6.19. The Labute approximate surface area is 121 Å². The standard InChI is InChI=1S/C15H13NO3S/c1-18-11-6-10(7-16-8-11)15(17)13-9-20-14-5-3-2-4-12(14)19-13/h2-8,13H,9H2,1H3. The van der Waals surface area contributed by atoms with Gasteiger partial charge in [0.05, 0.1) is 13.3 Å². The summed E-state index contributed by atoms with van der Waals surface area (Å²) in [6.07, 6.45) is 2.63. The second-order valence-corrected chi connectivity index (χ2v) is 5.40. The molecule has 5 heteroatoms. The van der Waals surface area contributed by atoms with E-state index in [4.69, 9.17) is 9.47 Å². The molecule has 0 radical (unpaired) electrons. The first-order valence-corrected chi connectivity index (χ1v) is 7.18. The van der Waals surface area contributed by atoms with Crippen LogP contribution in [-0.2, 0) is 0 Å². The number of nitrogens with zero attached hydrogens (tertiary/aromatic N) is 1. The Morgan fingerprint density at radius 3 is 3.10 bits per heavy atom. The number of methoxy groups -OCH3 is 1. The molecule has 20 heavy (non-hydrogen) atoms. The number of carbonyl (C=O) groups is 1. The number of hydrogen-bond donors (Lipinski definition) is 0. The maximum absolute atomic E-state index is 12.4. The second-order valence-electron chi connectivity index (χ2n) is 4.34. The topological polar surface area (TPSA) is 48.4 Å². The summed E-state index contributed by atoms with van der Waals surface area (Å²) in [6.45, 7) is 0. The van der Waals surface area contributed by atoms with Crippen LogP contribution in [-0.4, -0.2) is 29.7 Å². The van der Waals surface area contributed by atoms with E-state index in [1.54, 1.807) is 37.3 Å². The van der Waals surface area contributed by atoms with E-state index in [0.717, 1.165) is 10.6 Å². The molecule has 1 atom stereocenters. The van der Waals surface area contributed by atoms with Crippen molar-refractivity contribution in [2.24, 2.45) is 0 Å². The predicted molar refractivity (Wildman–Crippen MR) is 76.7 cm³/mol. The van der Waals surface area contributed by atoms with Crippen molar-refractivity contribution < 1.29 is 14.3 Å². The lowest BCUT2D eigenvalue weighted by Gasteiger charge is -2.24. The van der Waals surface area contributed by atoms with E-state index in [2.05, 4.69) is 4.98 Å². The molecule has 4 nitrogen and oxygen atoms in total. The minimum absolute atomic E-state index is 0.0709. The van der Waals surface area contributed by atoms with Gasteiger partial charge in [0, 0.05) is 22.4 Å². The first kappa shape index (κ1) is 13.0. The van der Waals surface area contributed by atoms with E-state index in [0.29, 0.717) is 17.1 Å². The minimum atomic E-state index is -0.483. The zero-order chi connectivity index (χ0) is 13.9. The van der Waals surface area contributed by atoms with Crippen molar-refractivity contribution in [3.63, 3.8) is 0 Å². The highest BCUT2D eigenvalue weighted by Gasteiger charge is 2.27. The monoisotopic (exact) mass is 287 g/mol.